The van der Waals surface area contributed by atoms with E-state index in [1.807, 2.05) is 0 Å². The Kier molecular flexibility index (Phi) is 13.3. The van der Waals surface area contributed by atoms with Gasteiger partial charge in [-0.25, -0.2) is 0 Å². The molecule has 1 fully saturated rings. The number of hydrogen-bond donors (Lipinski definition) is 0. The van der Waals surface area contributed by atoms with E-state index in [4.69, 9.17) is 0 Å². The second-order valence-electron chi connectivity index (χ2n) is 8.17. The minimum absolute atomic E-state index is 1.42. The normalized spacial score (nSPS) is 18.9. The third-order valence-electron chi connectivity index (χ3n) is 6.23. The van der Waals surface area contributed by atoms with Crippen LogP contribution in [0.15, 0.2) is 0 Å². The van der Waals surface area contributed by atoms with E-state index in [-0.39, 0.29) is 0 Å². The van der Waals surface area contributed by atoms with Gasteiger partial charge in [0.15, 0.2) is 0 Å². The van der Waals surface area contributed by atoms with Gasteiger partial charge in [-0.2, -0.15) is 0 Å². The fourth-order valence-electron chi connectivity index (χ4n) is 4.67. The van der Waals surface area contributed by atoms with Crippen LogP contribution in [0.25, 0.3) is 0 Å². The summed E-state index contributed by atoms with van der Waals surface area (Å²) in [4.78, 5) is 0. The van der Waals surface area contributed by atoms with Crippen LogP contribution in [0, 0.1) is 3.93 Å². The van der Waals surface area contributed by atoms with Crippen LogP contribution in [0.5, 0.6) is 0 Å². The van der Waals surface area contributed by atoms with Gasteiger partial charge in [0.2, 0.25) is 0 Å². The Morgan fingerprint density at radius 2 is 0.913 bits per heavy atom. The van der Waals surface area contributed by atoms with Crippen LogP contribution >= 0.6 is 0 Å². The first kappa shape index (κ1) is 21.8. The first-order valence-corrected chi connectivity index (χ1v) is 18.6. The molecule has 0 saturated heterocycles. The van der Waals surface area contributed by atoms with Gasteiger partial charge >= 0.3 is 153 Å². The summed E-state index contributed by atoms with van der Waals surface area (Å²) in [6, 6.07) is 0. The van der Waals surface area contributed by atoms with Gasteiger partial charge in [0.05, 0.1) is 0 Å². The summed E-state index contributed by atoms with van der Waals surface area (Å²) in [5.41, 5.74) is 0. The molecule has 0 atom stereocenters. The molecule has 0 unspecified atom stereocenters. The van der Waals surface area contributed by atoms with Crippen molar-refractivity contribution in [3.8, 4) is 0 Å². The van der Waals surface area contributed by atoms with Gasteiger partial charge in [-0.05, 0) is 0 Å². The van der Waals surface area contributed by atoms with Crippen LogP contribution in [0.3, 0.4) is 0 Å². The van der Waals surface area contributed by atoms with E-state index in [0.29, 0.717) is 0 Å². The molecule has 0 N–H and O–H groups in total. The average Bonchev–Trinajstić information content (AvgIpc) is 2.59. The molecule has 1 rings (SSSR count). The molecule has 1 aliphatic carbocycles. The van der Waals surface area contributed by atoms with Crippen molar-refractivity contribution in [2.45, 2.75) is 130 Å². The van der Waals surface area contributed by atoms with Gasteiger partial charge in [0, 0.05) is 0 Å². The van der Waals surface area contributed by atoms with Crippen LogP contribution in [0.4, 0.5) is 0 Å². The molecule has 0 aliphatic heterocycles. The molecule has 0 amide bonds. The molecule has 1 radical (unpaired) electrons. The summed E-state index contributed by atoms with van der Waals surface area (Å²) in [6.45, 7) is 7.23. The first-order chi connectivity index (χ1) is 11.3. The van der Waals surface area contributed by atoms with Crippen molar-refractivity contribution in [1.82, 2.24) is 0 Å². The molecule has 0 spiro atoms. The molecule has 1 aliphatic rings. The molecular formula is C22H45Sn. The third-order valence-corrected chi connectivity index (χ3v) is 23.2. The van der Waals surface area contributed by atoms with Crippen molar-refractivity contribution in [3.05, 3.63) is 3.93 Å². The molecule has 0 nitrogen and oxygen atoms in total. The predicted molar refractivity (Wildman–Crippen MR) is 110 cm³/mol. The van der Waals surface area contributed by atoms with Gasteiger partial charge in [-0.3, -0.25) is 0 Å². The quantitative estimate of drug-likeness (QED) is 0.306. The number of rotatable bonds is 10. The van der Waals surface area contributed by atoms with Crippen LogP contribution in [-0.2, 0) is 0 Å². The SMILES string of the molecule is CCC[CH2][Sn]([CH2]CCC)([CH2]CCC)[C]1CCCCCCCCC1. The van der Waals surface area contributed by atoms with E-state index >= 15 is 0 Å². The van der Waals surface area contributed by atoms with E-state index in [1.54, 1.807) is 26.2 Å². The van der Waals surface area contributed by atoms with Crippen molar-refractivity contribution in [2.75, 3.05) is 0 Å². The summed E-state index contributed by atoms with van der Waals surface area (Å²) in [6.07, 6.45) is 22.6. The monoisotopic (exact) mass is 429 g/mol. The van der Waals surface area contributed by atoms with E-state index < -0.39 is 18.4 Å². The average molecular weight is 428 g/mol. The Hall–Kier alpha value is 0.799. The molecular weight excluding hydrogens is 383 g/mol. The molecule has 1 saturated carbocycles. The van der Waals surface area contributed by atoms with E-state index in [9.17, 15) is 0 Å². The van der Waals surface area contributed by atoms with Gasteiger partial charge in [-0.1, -0.05) is 0 Å². The Bertz CT molecular complexity index is 229. The van der Waals surface area contributed by atoms with Crippen LogP contribution in [0.2, 0.25) is 13.3 Å². The van der Waals surface area contributed by atoms with Gasteiger partial charge in [0.1, 0.15) is 0 Å². The Labute approximate surface area is 152 Å². The van der Waals surface area contributed by atoms with Crippen LogP contribution < -0.4 is 0 Å². The standard InChI is InChI=1S/C10H18.3C4H9.Sn/c1-2-4-6-8-10-9-7-5-3-1;3*1-3-4-2;/h1-9H2;3*1,3-4H2,2H3;. The zero-order valence-electron chi connectivity index (χ0n) is 16.7. The second-order valence-corrected chi connectivity index (χ2v) is 21.8. The fourth-order valence-corrected chi connectivity index (χ4v) is 22.7. The minimum atomic E-state index is -2.03. The topological polar surface area (TPSA) is 0 Å². The predicted octanol–water partition coefficient (Wildman–Crippen LogP) is 8.47. The zero-order valence-corrected chi connectivity index (χ0v) is 19.6. The molecule has 0 aromatic rings. The van der Waals surface area contributed by atoms with Crippen molar-refractivity contribution >= 4 is 18.4 Å². The van der Waals surface area contributed by atoms with Crippen molar-refractivity contribution in [2.24, 2.45) is 0 Å². The Balaban J connectivity index is 2.83. The van der Waals surface area contributed by atoms with E-state index in [0.717, 1.165) is 0 Å². The second kappa shape index (κ2) is 14.0. The summed E-state index contributed by atoms with van der Waals surface area (Å²) in [5.74, 6) is 0. The summed E-state index contributed by atoms with van der Waals surface area (Å²) in [7, 11) is 0. The molecule has 137 valence electrons. The molecule has 0 aromatic heterocycles. The summed E-state index contributed by atoms with van der Waals surface area (Å²) >= 11 is -2.03. The number of unbranched alkanes of at least 4 members (excludes halogenated alkanes) is 3. The van der Waals surface area contributed by atoms with Crippen molar-refractivity contribution in [1.29, 1.82) is 0 Å². The van der Waals surface area contributed by atoms with Crippen molar-refractivity contribution < 1.29 is 0 Å². The maximum atomic E-state index is 2.41. The molecule has 1 heteroatoms. The summed E-state index contributed by atoms with van der Waals surface area (Å²) < 4.78 is 7.30. The van der Waals surface area contributed by atoms with Crippen molar-refractivity contribution in [3.63, 3.8) is 0 Å². The van der Waals surface area contributed by atoms with Crippen LogP contribution in [0.1, 0.15) is 117 Å². The van der Waals surface area contributed by atoms with Gasteiger partial charge in [-0.15, -0.1) is 0 Å². The third kappa shape index (κ3) is 8.63. The van der Waals surface area contributed by atoms with Crippen LogP contribution in [-0.4, -0.2) is 18.4 Å². The Morgan fingerprint density at radius 1 is 0.565 bits per heavy atom. The maximum absolute atomic E-state index is 2.41. The first-order valence-electron chi connectivity index (χ1n) is 11.1. The summed E-state index contributed by atoms with van der Waals surface area (Å²) in [5, 5.41) is 0. The van der Waals surface area contributed by atoms with E-state index in [1.165, 1.54) is 83.5 Å². The molecule has 0 aromatic carbocycles. The molecule has 0 bridgehead atoms. The fraction of sp³-hybridized carbons (Fsp3) is 0.955. The van der Waals surface area contributed by atoms with E-state index in [2.05, 4.69) is 24.7 Å². The zero-order chi connectivity index (χ0) is 16.8. The van der Waals surface area contributed by atoms with Gasteiger partial charge in [0.25, 0.3) is 0 Å². The Morgan fingerprint density at radius 3 is 1.26 bits per heavy atom. The van der Waals surface area contributed by atoms with Gasteiger partial charge < -0.3 is 0 Å². The molecule has 23 heavy (non-hydrogen) atoms. The number of hydrogen-bond acceptors (Lipinski definition) is 0. The molecule has 0 heterocycles.